The third kappa shape index (κ3) is 4.32. The molecule has 1 rings (SSSR count). The Kier molecular flexibility index (Phi) is 5.73. The van der Waals surface area contributed by atoms with E-state index in [4.69, 9.17) is 5.26 Å². The average molecular weight is 294 g/mol. The first-order valence-corrected chi connectivity index (χ1v) is 8.21. The first kappa shape index (κ1) is 16.7. The summed E-state index contributed by atoms with van der Waals surface area (Å²) in [5.41, 5.74) is 0.361. The van der Waals surface area contributed by atoms with E-state index in [0.29, 0.717) is 18.7 Å². The highest BCUT2D eigenvalue weighted by Gasteiger charge is 2.25. The minimum absolute atomic E-state index is 0.192. The third-order valence-electron chi connectivity index (χ3n) is 2.74. The lowest BCUT2D eigenvalue weighted by atomic mass is 10.2. The number of benzene rings is 1. The molecule has 0 unspecified atom stereocenters. The van der Waals surface area contributed by atoms with Gasteiger partial charge >= 0.3 is 0 Å². The lowest BCUT2D eigenvalue weighted by Gasteiger charge is -2.25. The zero-order valence-electron chi connectivity index (χ0n) is 12.5. The summed E-state index contributed by atoms with van der Waals surface area (Å²) < 4.78 is 26.9. The van der Waals surface area contributed by atoms with Crippen LogP contribution < -0.4 is 0 Å². The smallest absolute Gasteiger partial charge is 0.207 e. The SMILES string of the molecule is CC(C)CN(CC(C)C)S(=O)(=O)c1cccc(C#N)c1. The number of hydrogen-bond donors (Lipinski definition) is 0. The van der Waals surface area contributed by atoms with Crippen LogP contribution in [0.2, 0.25) is 0 Å². The van der Waals surface area contributed by atoms with Gasteiger partial charge in [0.05, 0.1) is 16.5 Å². The highest BCUT2D eigenvalue weighted by atomic mass is 32.2. The van der Waals surface area contributed by atoms with Crippen LogP contribution in [0.3, 0.4) is 0 Å². The summed E-state index contributed by atoms with van der Waals surface area (Å²) in [7, 11) is -3.54. The molecular weight excluding hydrogens is 272 g/mol. The standard InChI is InChI=1S/C15H22N2O2S/c1-12(2)10-17(11-13(3)4)20(18,19)15-7-5-6-14(8-15)9-16/h5-8,12-13H,10-11H2,1-4H3. The molecule has 20 heavy (non-hydrogen) atoms. The molecule has 0 heterocycles. The van der Waals surface area contributed by atoms with Crippen LogP contribution >= 0.6 is 0 Å². The van der Waals surface area contributed by atoms with Crippen molar-refractivity contribution in [2.45, 2.75) is 32.6 Å². The van der Waals surface area contributed by atoms with Crippen molar-refractivity contribution in [1.29, 1.82) is 5.26 Å². The maximum absolute atomic E-state index is 12.7. The molecule has 0 amide bonds. The zero-order valence-corrected chi connectivity index (χ0v) is 13.3. The highest BCUT2D eigenvalue weighted by molar-refractivity contribution is 7.89. The van der Waals surface area contributed by atoms with Gasteiger partial charge in [-0.25, -0.2) is 8.42 Å². The monoisotopic (exact) mass is 294 g/mol. The molecule has 0 radical (unpaired) electrons. The van der Waals surface area contributed by atoms with Gasteiger partial charge in [0.25, 0.3) is 0 Å². The second kappa shape index (κ2) is 6.87. The highest BCUT2D eigenvalue weighted by Crippen LogP contribution is 2.19. The summed E-state index contributed by atoms with van der Waals surface area (Å²) in [4.78, 5) is 0.192. The summed E-state index contributed by atoms with van der Waals surface area (Å²) >= 11 is 0. The molecule has 0 N–H and O–H groups in total. The van der Waals surface area contributed by atoms with Crippen molar-refractivity contribution in [3.8, 4) is 6.07 Å². The number of nitrogens with zero attached hydrogens (tertiary/aromatic N) is 2. The largest absolute Gasteiger partial charge is 0.243 e. The molecule has 0 fully saturated rings. The van der Waals surface area contributed by atoms with Gasteiger partial charge in [-0.2, -0.15) is 9.57 Å². The second-order valence-electron chi connectivity index (χ2n) is 5.75. The molecule has 0 atom stereocenters. The van der Waals surface area contributed by atoms with Crippen LogP contribution in [0.25, 0.3) is 0 Å². The molecule has 0 aliphatic heterocycles. The summed E-state index contributed by atoms with van der Waals surface area (Å²) in [5, 5.41) is 8.90. The Morgan fingerprint density at radius 2 is 1.70 bits per heavy atom. The second-order valence-corrected chi connectivity index (χ2v) is 7.69. The molecule has 110 valence electrons. The molecule has 4 nitrogen and oxygen atoms in total. The normalized spacial score (nSPS) is 12.1. The number of nitriles is 1. The Balaban J connectivity index is 3.18. The molecule has 5 heteroatoms. The van der Waals surface area contributed by atoms with Crippen molar-refractivity contribution in [2.75, 3.05) is 13.1 Å². The van der Waals surface area contributed by atoms with E-state index in [0.717, 1.165) is 0 Å². The lowest BCUT2D eigenvalue weighted by Crippen LogP contribution is -2.37. The first-order valence-electron chi connectivity index (χ1n) is 6.77. The van der Waals surface area contributed by atoms with E-state index in [1.807, 2.05) is 33.8 Å². The summed E-state index contributed by atoms with van der Waals surface area (Å²) in [6.45, 7) is 8.95. The van der Waals surface area contributed by atoms with Crippen LogP contribution in [0.1, 0.15) is 33.3 Å². The molecule has 0 spiro atoms. The number of hydrogen-bond acceptors (Lipinski definition) is 3. The van der Waals surface area contributed by atoms with Crippen molar-refractivity contribution in [3.05, 3.63) is 29.8 Å². The van der Waals surface area contributed by atoms with Crippen LogP contribution in [0, 0.1) is 23.2 Å². The van der Waals surface area contributed by atoms with Gasteiger partial charge < -0.3 is 0 Å². The van der Waals surface area contributed by atoms with Crippen LogP contribution in [-0.2, 0) is 10.0 Å². The molecule has 0 saturated heterocycles. The predicted molar refractivity (Wildman–Crippen MR) is 79.6 cm³/mol. The van der Waals surface area contributed by atoms with E-state index in [1.54, 1.807) is 18.2 Å². The zero-order chi connectivity index (χ0) is 15.3. The van der Waals surface area contributed by atoms with Crippen LogP contribution in [0.15, 0.2) is 29.2 Å². The molecule has 0 aliphatic rings. The van der Waals surface area contributed by atoms with Gasteiger partial charge in [0.1, 0.15) is 0 Å². The van der Waals surface area contributed by atoms with E-state index in [-0.39, 0.29) is 16.7 Å². The maximum atomic E-state index is 12.7. The van der Waals surface area contributed by atoms with Gasteiger partial charge in [-0.3, -0.25) is 0 Å². The van der Waals surface area contributed by atoms with E-state index < -0.39 is 10.0 Å². The summed E-state index contributed by atoms with van der Waals surface area (Å²) in [6.07, 6.45) is 0. The van der Waals surface area contributed by atoms with E-state index in [9.17, 15) is 8.42 Å². The predicted octanol–water partition coefficient (Wildman–Crippen LogP) is 2.86. The first-order chi connectivity index (χ1) is 9.27. The van der Waals surface area contributed by atoms with Crippen molar-refractivity contribution >= 4 is 10.0 Å². The molecule has 0 saturated carbocycles. The van der Waals surface area contributed by atoms with Crippen molar-refractivity contribution in [2.24, 2.45) is 11.8 Å². The van der Waals surface area contributed by atoms with Crippen LogP contribution in [0.4, 0.5) is 0 Å². The lowest BCUT2D eigenvalue weighted by molar-refractivity contribution is 0.333. The maximum Gasteiger partial charge on any atom is 0.243 e. The van der Waals surface area contributed by atoms with Gasteiger partial charge in [-0.1, -0.05) is 33.8 Å². The van der Waals surface area contributed by atoms with Crippen molar-refractivity contribution in [1.82, 2.24) is 4.31 Å². The van der Waals surface area contributed by atoms with Gasteiger partial charge in [0.15, 0.2) is 0 Å². The minimum atomic E-state index is -3.54. The van der Waals surface area contributed by atoms with Gasteiger partial charge in [-0.15, -0.1) is 0 Å². The Morgan fingerprint density at radius 1 is 1.15 bits per heavy atom. The topological polar surface area (TPSA) is 61.2 Å². The van der Waals surface area contributed by atoms with Crippen LogP contribution in [0.5, 0.6) is 0 Å². The third-order valence-corrected chi connectivity index (χ3v) is 4.57. The molecule has 0 bridgehead atoms. The van der Waals surface area contributed by atoms with Crippen molar-refractivity contribution < 1.29 is 8.42 Å². The van der Waals surface area contributed by atoms with Gasteiger partial charge in [0.2, 0.25) is 10.0 Å². The Bertz CT molecular complexity index is 576. The Labute approximate surface area is 122 Å². The van der Waals surface area contributed by atoms with E-state index in [1.165, 1.54) is 10.4 Å². The fraction of sp³-hybridized carbons (Fsp3) is 0.533. The molecule has 0 aromatic heterocycles. The van der Waals surface area contributed by atoms with Crippen molar-refractivity contribution in [3.63, 3.8) is 0 Å². The Hall–Kier alpha value is -1.38. The fourth-order valence-electron chi connectivity index (χ4n) is 1.96. The van der Waals surface area contributed by atoms with Gasteiger partial charge in [-0.05, 0) is 30.0 Å². The number of rotatable bonds is 6. The average Bonchev–Trinajstić information content (AvgIpc) is 2.37. The molecule has 0 aliphatic carbocycles. The quantitative estimate of drug-likeness (QED) is 0.810. The summed E-state index contributed by atoms with van der Waals surface area (Å²) in [6, 6.07) is 8.17. The van der Waals surface area contributed by atoms with E-state index >= 15 is 0 Å². The fourth-order valence-corrected chi connectivity index (χ4v) is 3.77. The van der Waals surface area contributed by atoms with Crippen LogP contribution in [-0.4, -0.2) is 25.8 Å². The minimum Gasteiger partial charge on any atom is -0.207 e. The molecule has 1 aromatic rings. The Morgan fingerprint density at radius 3 is 2.15 bits per heavy atom. The van der Waals surface area contributed by atoms with Gasteiger partial charge in [0, 0.05) is 13.1 Å². The summed E-state index contributed by atoms with van der Waals surface area (Å²) in [5.74, 6) is 0.505. The number of sulfonamides is 1. The molecule has 1 aromatic carbocycles. The van der Waals surface area contributed by atoms with E-state index in [2.05, 4.69) is 0 Å². The molecular formula is C15H22N2O2S.